The maximum atomic E-state index is 14.0. The SMILES string of the molecule is Br.CC1(c2c(F)cc(F)cc2F)CC2CCN1CC2. The molecule has 1 aromatic carbocycles. The van der Waals surface area contributed by atoms with E-state index in [-0.39, 0.29) is 22.5 Å². The van der Waals surface area contributed by atoms with Gasteiger partial charge in [0.2, 0.25) is 0 Å². The minimum atomic E-state index is -0.853. The molecular formula is C14H17BrF3N. The molecule has 1 atom stereocenters. The van der Waals surface area contributed by atoms with Gasteiger partial charge in [0.15, 0.2) is 0 Å². The summed E-state index contributed by atoms with van der Waals surface area (Å²) < 4.78 is 40.9. The Labute approximate surface area is 121 Å². The predicted molar refractivity (Wildman–Crippen MR) is 72.9 cm³/mol. The molecule has 106 valence electrons. The molecule has 1 unspecified atom stereocenters. The topological polar surface area (TPSA) is 3.24 Å². The highest BCUT2D eigenvalue weighted by atomic mass is 79.9. The van der Waals surface area contributed by atoms with Gasteiger partial charge in [0.25, 0.3) is 0 Å². The summed E-state index contributed by atoms with van der Waals surface area (Å²) >= 11 is 0. The molecule has 19 heavy (non-hydrogen) atoms. The van der Waals surface area contributed by atoms with E-state index in [1.165, 1.54) is 0 Å². The second kappa shape index (κ2) is 5.09. The fourth-order valence-corrected chi connectivity index (χ4v) is 3.64. The largest absolute Gasteiger partial charge is 0.294 e. The van der Waals surface area contributed by atoms with Gasteiger partial charge in [0.1, 0.15) is 17.5 Å². The van der Waals surface area contributed by atoms with E-state index in [1.807, 2.05) is 6.92 Å². The van der Waals surface area contributed by atoms with Gasteiger partial charge in [-0.05, 0) is 45.2 Å². The fourth-order valence-electron chi connectivity index (χ4n) is 3.64. The van der Waals surface area contributed by atoms with Crippen LogP contribution in [0.2, 0.25) is 0 Å². The Morgan fingerprint density at radius 1 is 1.11 bits per heavy atom. The first-order valence-corrected chi connectivity index (χ1v) is 6.41. The van der Waals surface area contributed by atoms with Gasteiger partial charge in [-0.2, -0.15) is 0 Å². The Morgan fingerprint density at radius 2 is 1.63 bits per heavy atom. The molecule has 0 amide bonds. The van der Waals surface area contributed by atoms with E-state index in [0.29, 0.717) is 5.92 Å². The zero-order chi connectivity index (χ0) is 12.9. The molecule has 5 heteroatoms. The Morgan fingerprint density at radius 3 is 2.05 bits per heavy atom. The first kappa shape index (κ1) is 14.9. The van der Waals surface area contributed by atoms with E-state index in [9.17, 15) is 13.2 Å². The minimum Gasteiger partial charge on any atom is -0.294 e. The van der Waals surface area contributed by atoms with Gasteiger partial charge in [-0.15, -0.1) is 17.0 Å². The monoisotopic (exact) mass is 335 g/mol. The lowest BCUT2D eigenvalue weighted by Crippen LogP contribution is -2.55. The molecule has 0 spiro atoms. The number of benzene rings is 1. The van der Waals surface area contributed by atoms with Crippen molar-refractivity contribution in [2.75, 3.05) is 13.1 Å². The average molecular weight is 336 g/mol. The van der Waals surface area contributed by atoms with E-state index in [0.717, 1.165) is 44.5 Å². The molecule has 0 aliphatic carbocycles. The lowest BCUT2D eigenvalue weighted by Gasteiger charge is -2.53. The van der Waals surface area contributed by atoms with Crippen LogP contribution in [0.15, 0.2) is 12.1 Å². The summed E-state index contributed by atoms with van der Waals surface area (Å²) in [6, 6.07) is 1.57. The highest BCUT2D eigenvalue weighted by molar-refractivity contribution is 8.93. The number of piperidine rings is 3. The van der Waals surface area contributed by atoms with Crippen LogP contribution in [0, 0.1) is 23.4 Å². The Balaban J connectivity index is 0.00000133. The maximum absolute atomic E-state index is 14.0. The van der Waals surface area contributed by atoms with Crippen molar-refractivity contribution < 1.29 is 13.2 Å². The van der Waals surface area contributed by atoms with Gasteiger partial charge in [0, 0.05) is 23.2 Å². The van der Waals surface area contributed by atoms with E-state index >= 15 is 0 Å². The third-order valence-corrected chi connectivity index (χ3v) is 4.54. The molecule has 3 fully saturated rings. The number of fused-ring (bicyclic) bond motifs is 3. The van der Waals surface area contributed by atoms with E-state index < -0.39 is 23.0 Å². The molecule has 1 nitrogen and oxygen atoms in total. The number of hydrogen-bond acceptors (Lipinski definition) is 1. The Bertz CT molecular complexity index is 463. The molecule has 0 N–H and O–H groups in total. The van der Waals surface area contributed by atoms with Crippen LogP contribution in [0.5, 0.6) is 0 Å². The van der Waals surface area contributed by atoms with Crippen molar-refractivity contribution in [1.82, 2.24) is 4.90 Å². The van der Waals surface area contributed by atoms with Gasteiger partial charge in [-0.1, -0.05) is 0 Å². The summed E-state index contributed by atoms with van der Waals surface area (Å²) in [4.78, 5) is 2.13. The number of nitrogens with zero attached hydrogens (tertiary/aromatic N) is 1. The van der Waals surface area contributed by atoms with Crippen LogP contribution in [-0.2, 0) is 5.54 Å². The summed E-state index contributed by atoms with van der Waals surface area (Å²) in [6.07, 6.45) is 2.95. The van der Waals surface area contributed by atoms with Crippen LogP contribution >= 0.6 is 17.0 Å². The molecular weight excluding hydrogens is 319 g/mol. The van der Waals surface area contributed by atoms with Crippen LogP contribution in [0.1, 0.15) is 31.7 Å². The lowest BCUT2D eigenvalue weighted by molar-refractivity contribution is -0.0256. The van der Waals surface area contributed by atoms with E-state index in [1.54, 1.807) is 0 Å². The maximum Gasteiger partial charge on any atom is 0.134 e. The van der Waals surface area contributed by atoms with Crippen LogP contribution in [-0.4, -0.2) is 18.0 Å². The smallest absolute Gasteiger partial charge is 0.134 e. The molecule has 1 aromatic rings. The van der Waals surface area contributed by atoms with Crippen molar-refractivity contribution in [3.8, 4) is 0 Å². The standard InChI is InChI=1S/C14H16F3N.BrH/c1-14(8-9-2-4-18(14)5-3-9)13-11(16)6-10(15)7-12(13)17;/h6-7,9H,2-5,8H2,1H3;1H. The molecule has 0 radical (unpaired) electrons. The van der Waals surface area contributed by atoms with Crippen molar-refractivity contribution in [3.05, 3.63) is 35.1 Å². The quantitative estimate of drug-likeness (QED) is 0.749. The highest BCUT2D eigenvalue weighted by Gasteiger charge is 2.46. The minimum absolute atomic E-state index is 0. The van der Waals surface area contributed by atoms with Crippen LogP contribution in [0.3, 0.4) is 0 Å². The number of rotatable bonds is 1. The number of halogens is 4. The van der Waals surface area contributed by atoms with Gasteiger partial charge >= 0.3 is 0 Å². The van der Waals surface area contributed by atoms with Crippen molar-refractivity contribution in [2.45, 2.75) is 31.7 Å². The summed E-state index contributed by atoms with van der Waals surface area (Å²) in [5.74, 6) is -1.85. The third kappa shape index (κ3) is 2.31. The molecule has 3 saturated heterocycles. The third-order valence-electron chi connectivity index (χ3n) is 4.54. The molecule has 3 aliphatic rings. The molecule has 2 bridgehead atoms. The first-order valence-electron chi connectivity index (χ1n) is 6.41. The molecule has 3 aliphatic heterocycles. The highest BCUT2D eigenvalue weighted by Crippen LogP contribution is 2.46. The molecule has 4 rings (SSSR count). The van der Waals surface area contributed by atoms with Gasteiger partial charge < -0.3 is 0 Å². The van der Waals surface area contributed by atoms with Gasteiger partial charge in [-0.3, -0.25) is 4.90 Å². The first-order chi connectivity index (χ1) is 8.50. The summed E-state index contributed by atoms with van der Waals surface area (Å²) in [5.41, 5.74) is -0.587. The van der Waals surface area contributed by atoms with Crippen molar-refractivity contribution >= 4 is 17.0 Å². The van der Waals surface area contributed by atoms with Gasteiger partial charge in [0.05, 0.1) is 0 Å². The summed E-state index contributed by atoms with van der Waals surface area (Å²) in [5, 5.41) is 0. The van der Waals surface area contributed by atoms with E-state index in [4.69, 9.17) is 0 Å². The van der Waals surface area contributed by atoms with Crippen molar-refractivity contribution in [3.63, 3.8) is 0 Å². The molecule has 0 aromatic heterocycles. The molecule has 0 saturated carbocycles. The van der Waals surface area contributed by atoms with Gasteiger partial charge in [-0.25, -0.2) is 13.2 Å². The Hall–Kier alpha value is -0.550. The summed E-state index contributed by atoms with van der Waals surface area (Å²) in [6.45, 7) is 3.62. The fraction of sp³-hybridized carbons (Fsp3) is 0.571. The van der Waals surface area contributed by atoms with Crippen LogP contribution < -0.4 is 0 Å². The zero-order valence-electron chi connectivity index (χ0n) is 10.8. The zero-order valence-corrected chi connectivity index (χ0v) is 12.5. The van der Waals surface area contributed by atoms with Crippen LogP contribution in [0.4, 0.5) is 13.2 Å². The predicted octanol–water partition coefficient (Wildman–Crippen LogP) is 4.01. The Kier molecular flexibility index (Phi) is 3.98. The van der Waals surface area contributed by atoms with Crippen LogP contribution in [0.25, 0.3) is 0 Å². The lowest BCUT2D eigenvalue weighted by atomic mass is 9.72. The van der Waals surface area contributed by atoms with Crippen molar-refractivity contribution in [2.24, 2.45) is 5.92 Å². The normalized spacial score (nSPS) is 33.1. The molecule has 3 heterocycles. The summed E-state index contributed by atoms with van der Waals surface area (Å²) in [7, 11) is 0. The van der Waals surface area contributed by atoms with Crippen molar-refractivity contribution in [1.29, 1.82) is 0 Å². The second-order valence-electron chi connectivity index (χ2n) is 5.65. The number of hydrogen-bond donors (Lipinski definition) is 0. The van der Waals surface area contributed by atoms with E-state index in [2.05, 4.69) is 4.90 Å². The second-order valence-corrected chi connectivity index (χ2v) is 5.65. The average Bonchev–Trinajstić information content (AvgIpc) is 2.28.